The van der Waals surface area contributed by atoms with E-state index in [9.17, 15) is 4.79 Å². The Balaban J connectivity index is 1.79. The van der Waals surface area contributed by atoms with Gasteiger partial charge in [-0.1, -0.05) is 57.9 Å². The third-order valence-electron chi connectivity index (χ3n) is 6.10. The number of anilines is 1. The number of ether oxygens (including phenoxy) is 1. The summed E-state index contributed by atoms with van der Waals surface area (Å²) < 4.78 is 5.41. The normalized spacial score (nSPS) is 14.8. The van der Waals surface area contributed by atoms with Crippen LogP contribution in [0, 0.1) is 0 Å². The van der Waals surface area contributed by atoms with Crippen molar-refractivity contribution in [3.63, 3.8) is 0 Å². The molecule has 1 aromatic carbocycles. The summed E-state index contributed by atoms with van der Waals surface area (Å²) in [5.41, 5.74) is 4.39. The molecule has 1 heterocycles. The minimum atomic E-state index is -0.243. The predicted octanol–water partition coefficient (Wildman–Crippen LogP) is 7.14. The Morgan fingerprint density at radius 2 is 1.72 bits per heavy atom. The van der Waals surface area contributed by atoms with Gasteiger partial charge in [-0.3, -0.25) is 0 Å². The van der Waals surface area contributed by atoms with E-state index >= 15 is 0 Å². The number of nitrogens with one attached hydrogen (secondary N) is 2. The second-order valence-corrected chi connectivity index (χ2v) is 10.2. The van der Waals surface area contributed by atoms with Crippen molar-refractivity contribution in [1.29, 1.82) is 0 Å². The molecule has 1 aromatic heterocycles. The van der Waals surface area contributed by atoms with E-state index in [0.717, 1.165) is 36.2 Å². The molecule has 0 spiro atoms. The Morgan fingerprint density at radius 3 is 2.34 bits per heavy atom. The standard InChI is InChI=1S/C26H36N2O2S2/c1-5-21(19-15-13-18(14-16-19)17(3)4)27-26(31)28-24-23(25(29)30-6-2)20-11-9-7-8-10-12-22(20)32-24/h13-17,21H,5-12H2,1-4H3,(H2,27,28,31). The van der Waals surface area contributed by atoms with Gasteiger partial charge in [-0.2, -0.15) is 0 Å². The van der Waals surface area contributed by atoms with Gasteiger partial charge in [0.15, 0.2) is 5.11 Å². The first-order valence-corrected chi connectivity index (χ1v) is 13.2. The number of esters is 1. The second-order valence-electron chi connectivity index (χ2n) is 8.72. The average molecular weight is 473 g/mol. The maximum Gasteiger partial charge on any atom is 0.341 e. The zero-order chi connectivity index (χ0) is 23.1. The summed E-state index contributed by atoms with van der Waals surface area (Å²) in [5, 5.41) is 8.17. The maximum absolute atomic E-state index is 12.8. The van der Waals surface area contributed by atoms with Crippen LogP contribution in [0.3, 0.4) is 0 Å². The minimum Gasteiger partial charge on any atom is -0.462 e. The van der Waals surface area contributed by atoms with Crippen LogP contribution in [0.1, 0.15) is 104 Å². The molecule has 0 fully saturated rings. The van der Waals surface area contributed by atoms with Crippen LogP contribution >= 0.6 is 23.6 Å². The summed E-state index contributed by atoms with van der Waals surface area (Å²) in [4.78, 5) is 14.1. The molecule has 6 heteroatoms. The van der Waals surface area contributed by atoms with Crippen LogP contribution in [-0.2, 0) is 17.6 Å². The largest absolute Gasteiger partial charge is 0.462 e. The number of benzene rings is 1. The highest BCUT2D eigenvalue weighted by Gasteiger charge is 2.26. The van der Waals surface area contributed by atoms with Crippen LogP contribution < -0.4 is 10.6 Å². The highest BCUT2D eigenvalue weighted by atomic mass is 32.1. The lowest BCUT2D eigenvalue weighted by Gasteiger charge is -2.20. The highest BCUT2D eigenvalue weighted by molar-refractivity contribution is 7.80. The number of carbonyl (C=O) groups excluding carboxylic acids is 1. The van der Waals surface area contributed by atoms with Crippen LogP contribution in [0.25, 0.3) is 0 Å². The first-order chi connectivity index (χ1) is 15.4. The molecule has 2 N–H and O–H groups in total. The lowest BCUT2D eigenvalue weighted by molar-refractivity contribution is 0.0526. The van der Waals surface area contributed by atoms with Gasteiger partial charge < -0.3 is 15.4 Å². The van der Waals surface area contributed by atoms with Gasteiger partial charge in [-0.15, -0.1) is 11.3 Å². The summed E-state index contributed by atoms with van der Waals surface area (Å²) >= 11 is 7.35. The topological polar surface area (TPSA) is 50.4 Å². The van der Waals surface area contributed by atoms with E-state index in [0.29, 0.717) is 23.2 Å². The molecule has 0 amide bonds. The number of hydrogen-bond acceptors (Lipinski definition) is 4. The van der Waals surface area contributed by atoms with E-state index < -0.39 is 0 Å². The minimum absolute atomic E-state index is 0.114. The van der Waals surface area contributed by atoms with Crippen molar-refractivity contribution in [2.45, 2.75) is 84.6 Å². The van der Waals surface area contributed by atoms with Crippen LogP contribution in [0.5, 0.6) is 0 Å². The van der Waals surface area contributed by atoms with Gasteiger partial charge in [-0.25, -0.2) is 4.79 Å². The van der Waals surface area contributed by atoms with E-state index in [-0.39, 0.29) is 12.0 Å². The Bertz CT molecular complexity index is 919. The number of aryl methyl sites for hydroxylation is 1. The van der Waals surface area contributed by atoms with E-state index in [1.807, 2.05) is 6.92 Å². The Hall–Kier alpha value is -1.92. The fourth-order valence-corrected chi connectivity index (χ4v) is 5.85. The van der Waals surface area contributed by atoms with Gasteiger partial charge in [0.2, 0.25) is 0 Å². The number of thiophene rings is 1. The predicted molar refractivity (Wildman–Crippen MR) is 139 cm³/mol. The zero-order valence-electron chi connectivity index (χ0n) is 19.8. The molecule has 0 radical (unpaired) electrons. The summed E-state index contributed by atoms with van der Waals surface area (Å²) in [6.07, 6.45) is 7.62. The van der Waals surface area contributed by atoms with Crippen molar-refractivity contribution in [3.8, 4) is 0 Å². The molecule has 0 saturated carbocycles. The Kier molecular flexibility index (Phi) is 9.11. The quantitative estimate of drug-likeness (QED) is 0.331. The summed E-state index contributed by atoms with van der Waals surface area (Å²) in [5.74, 6) is 0.270. The Labute approximate surface area is 202 Å². The van der Waals surface area contributed by atoms with Crippen LogP contribution in [0.2, 0.25) is 0 Å². The summed E-state index contributed by atoms with van der Waals surface area (Å²) in [6, 6.07) is 8.86. The van der Waals surface area contributed by atoms with E-state index in [4.69, 9.17) is 17.0 Å². The number of rotatable bonds is 7. The van der Waals surface area contributed by atoms with Crippen molar-refractivity contribution < 1.29 is 9.53 Å². The number of hydrogen-bond donors (Lipinski definition) is 2. The first-order valence-electron chi connectivity index (χ1n) is 11.9. The molecule has 0 bridgehead atoms. The molecule has 0 saturated heterocycles. The summed E-state index contributed by atoms with van der Waals surface area (Å²) in [6.45, 7) is 8.78. The molecule has 1 aliphatic carbocycles. The van der Waals surface area contributed by atoms with E-state index in [2.05, 4.69) is 55.7 Å². The van der Waals surface area contributed by atoms with Gasteiger partial charge in [0.05, 0.1) is 18.2 Å². The van der Waals surface area contributed by atoms with Crippen molar-refractivity contribution >= 4 is 39.6 Å². The number of thiocarbonyl (C=S) groups is 1. The molecular weight excluding hydrogens is 436 g/mol. The first kappa shape index (κ1) is 24.7. The molecular formula is C26H36N2O2S2. The Morgan fingerprint density at radius 1 is 1.06 bits per heavy atom. The molecule has 1 atom stereocenters. The molecule has 32 heavy (non-hydrogen) atoms. The summed E-state index contributed by atoms with van der Waals surface area (Å²) in [7, 11) is 0. The molecule has 0 aliphatic heterocycles. The number of fused-ring (bicyclic) bond motifs is 1. The molecule has 1 aliphatic rings. The third-order valence-corrected chi connectivity index (χ3v) is 7.52. The lowest BCUT2D eigenvalue weighted by atomic mass is 9.96. The zero-order valence-corrected chi connectivity index (χ0v) is 21.4. The number of carbonyl (C=O) groups is 1. The SMILES string of the molecule is CCOC(=O)c1c(NC(=S)NC(CC)c2ccc(C(C)C)cc2)sc2c1CCCCCC2. The van der Waals surface area contributed by atoms with Gasteiger partial charge >= 0.3 is 5.97 Å². The van der Waals surface area contributed by atoms with E-state index in [1.165, 1.54) is 35.3 Å². The van der Waals surface area contributed by atoms with E-state index in [1.54, 1.807) is 11.3 Å². The molecule has 4 nitrogen and oxygen atoms in total. The van der Waals surface area contributed by atoms with Crippen molar-refractivity contribution in [2.75, 3.05) is 11.9 Å². The van der Waals surface area contributed by atoms with Crippen molar-refractivity contribution in [2.24, 2.45) is 0 Å². The molecule has 2 aromatic rings. The fourth-order valence-electron chi connectivity index (χ4n) is 4.26. The monoisotopic (exact) mass is 472 g/mol. The second kappa shape index (κ2) is 11.8. The van der Waals surface area contributed by atoms with Gasteiger partial charge in [0, 0.05) is 4.88 Å². The van der Waals surface area contributed by atoms with Crippen molar-refractivity contribution in [3.05, 3.63) is 51.4 Å². The van der Waals surface area contributed by atoms with Crippen LogP contribution in [0.15, 0.2) is 24.3 Å². The van der Waals surface area contributed by atoms with Crippen LogP contribution in [0.4, 0.5) is 5.00 Å². The van der Waals surface area contributed by atoms with Crippen molar-refractivity contribution in [1.82, 2.24) is 5.32 Å². The maximum atomic E-state index is 12.8. The van der Waals surface area contributed by atoms with Gasteiger partial charge in [-0.05, 0) is 73.9 Å². The van der Waals surface area contributed by atoms with Gasteiger partial charge in [0.1, 0.15) is 5.00 Å². The fraction of sp³-hybridized carbons (Fsp3) is 0.538. The molecule has 1 unspecified atom stereocenters. The highest BCUT2D eigenvalue weighted by Crippen LogP contribution is 2.37. The van der Waals surface area contributed by atoms with Crippen LogP contribution in [-0.4, -0.2) is 17.7 Å². The molecule has 174 valence electrons. The smallest absolute Gasteiger partial charge is 0.341 e. The third kappa shape index (κ3) is 6.10. The van der Waals surface area contributed by atoms with Gasteiger partial charge in [0.25, 0.3) is 0 Å². The average Bonchev–Trinajstić information content (AvgIpc) is 3.08. The lowest BCUT2D eigenvalue weighted by Crippen LogP contribution is -2.32. The molecule has 3 rings (SSSR count).